The van der Waals surface area contributed by atoms with Crippen LogP contribution in [0.15, 0.2) is 95.2 Å². The Labute approximate surface area is 196 Å². The van der Waals surface area contributed by atoms with E-state index in [2.05, 4.69) is 10.3 Å². The number of amidine groups is 2. The van der Waals surface area contributed by atoms with Gasteiger partial charge in [-0.15, -0.1) is 0 Å². The number of aryl methyl sites for hydroxylation is 1. The highest BCUT2D eigenvalue weighted by Crippen LogP contribution is 2.29. The first-order valence-electron chi connectivity index (χ1n) is 10.4. The standard InChI is InChI=1S/C26H23N5O3/c1-16-13-23(17-5-7-18(8-6-17)25(27)30-32)29-24(14-16)20-3-2-4-22(15-20)34-21-11-9-19(10-12-21)26(28)31-33/h2-15,32-33H,1H3,(H2,27,30)(H2,28,31). The molecule has 0 saturated heterocycles. The van der Waals surface area contributed by atoms with E-state index in [4.69, 9.17) is 31.6 Å². The summed E-state index contributed by atoms with van der Waals surface area (Å²) in [5.41, 5.74) is 17.0. The zero-order chi connectivity index (χ0) is 24.1. The van der Waals surface area contributed by atoms with Gasteiger partial charge in [0.1, 0.15) is 11.5 Å². The summed E-state index contributed by atoms with van der Waals surface area (Å²) in [6, 6.07) is 26.0. The monoisotopic (exact) mass is 453 g/mol. The van der Waals surface area contributed by atoms with Gasteiger partial charge >= 0.3 is 0 Å². The molecule has 4 aromatic rings. The number of nitrogens with two attached hydrogens (primary N) is 2. The minimum Gasteiger partial charge on any atom is -0.457 e. The van der Waals surface area contributed by atoms with Gasteiger partial charge in [-0.25, -0.2) is 4.98 Å². The number of aromatic nitrogens is 1. The summed E-state index contributed by atoms with van der Waals surface area (Å²) < 4.78 is 5.99. The van der Waals surface area contributed by atoms with E-state index in [-0.39, 0.29) is 11.7 Å². The average Bonchev–Trinajstić information content (AvgIpc) is 2.88. The van der Waals surface area contributed by atoms with Crippen LogP contribution < -0.4 is 16.2 Å². The van der Waals surface area contributed by atoms with Gasteiger partial charge in [-0.3, -0.25) is 0 Å². The van der Waals surface area contributed by atoms with Crippen molar-refractivity contribution in [3.05, 3.63) is 102 Å². The van der Waals surface area contributed by atoms with Gasteiger partial charge in [-0.05, 0) is 61.0 Å². The van der Waals surface area contributed by atoms with Gasteiger partial charge in [-0.2, -0.15) is 0 Å². The molecule has 0 aliphatic rings. The lowest BCUT2D eigenvalue weighted by Crippen LogP contribution is -2.12. The summed E-state index contributed by atoms with van der Waals surface area (Å²) in [4.78, 5) is 4.84. The Kier molecular flexibility index (Phi) is 6.40. The zero-order valence-electron chi connectivity index (χ0n) is 18.4. The average molecular weight is 454 g/mol. The molecule has 0 saturated carbocycles. The Hall–Kier alpha value is -4.85. The molecule has 1 aromatic heterocycles. The molecule has 0 radical (unpaired) electrons. The van der Waals surface area contributed by atoms with E-state index < -0.39 is 0 Å². The molecule has 8 nitrogen and oxygen atoms in total. The predicted octanol–water partition coefficient (Wildman–Crippen LogP) is 4.71. The Balaban J connectivity index is 1.60. The van der Waals surface area contributed by atoms with E-state index >= 15 is 0 Å². The van der Waals surface area contributed by atoms with Crippen molar-refractivity contribution < 1.29 is 15.2 Å². The third kappa shape index (κ3) is 4.97. The fourth-order valence-electron chi connectivity index (χ4n) is 3.44. The third-order valence-corrected chi connectivity index (χ3v) is 5.18. The topological polar surface area (TPSA) is 139 Å². The second kappa shape index (κ2) is 9.74. The van der Waals surface area contributed by atoms with Crippen LogP contribution in [-0.4, -0.2) is 27.1 Å². The SMILES string of the molecule is Cc1cc(-c2ccc(/C(N)=N/O)cc2)nc(-c2cccc(Oc3ccc(/C(N)=N/O)cc3)c2)c1. The first-order valence-corrected chi connectivity index (χ1v) is 10.4. The van der Waals surface area contributed by atoms with Crippen molar-refractivity contribution in [2.24, 2.45) is 21.8 Å². The lowest BCUT2D eigenvalue weighted by atomic mass is 10.0. The predicted molar refractivity (Wildman–Crippen MR) is 131 cm³/mol. The van der Waals surface area contributed by atoms with Gasteiger partial charge in [0.25, 0.3) is 0 Å². The maximum Gasteiger partial charge on any atom is 0.170 e. The highest BCUT2D eigenvalue weighted by molar-refractivity contribution is 5.97. The molecule has 8 heteroatoms. The van der Waals surface area contributed by atoms with Crippen molar-refractivity contribution in [2.45, 2.75) is 6.92 Å². The Bertz CT molecular complexity index is 1360. The number of hydrogen-bond acceptors (Lipinski definition) is 6. The molecule has 0 amide bonds. The van der Waals surface area contributed by atoms with Crippen LogP contribution in [0.3, 0.4) is 0 Å². The van der Waals surface area contributed by atoms with Crippen molar-refractivity contribution in [3.63, 3.8) is 0 Å². The van der Waals surface area contributed by atoms with Gasteiger partial charge in [0.05, 0.1) is 11.4 Å². The van der Waals surface area contributed by atoms with Crippen molar-refractivity contribution in [1.29, 1.82) is 0 Å². The molecular formula is C26H23N5O3. The minimum absolute atomic E-state index is 0.0366. The summed E-state index contributed by atoms with van der Waals surface area (Å²) in [7, 11) is 0. The van der Waals surface area contributed by atoms with Crippen LogP contribution in [0.1, 0.15) is 16.7 Å². The Morgan fingerprint density at radius 1 is 0.706 bits per heavy atom. The van der Waals surface area contributed by atoms with Gasteiger partial charge < -0.3 is 26.6 Å². The van der Waals surface area contributed by atoms with Gasteiger partial charge in [0, 0.05) is 22.3 Å². The summed E-state index contributed by atoms with van der Waals surface area (Å²) in [5.74, 6) is 1.37. The first-order chi connectivity index (χ1) is 16.5. The second-order valence-electron chi connectivity index (χ2n) is 7.62. The molecule has 6 N–H and O–H groups in total. The van der Waals surface area contributed by atoms with Crippen LogP contribution in [0.5, 0.6) is 11.5 Å². The quantitative estimate of drug-likeness (QED) is 0.144. The minimum atomic E-state index is 0.0366. The van der Waals surface area contributed by atoms with Crippen LogP contribution >= 0.6 is 0 Å². The number of hydrogen-bond donors (Lipinski definition) is 4. The second-order valence-corrected chi connectivity index (χ2v) is 7.62. The lowest BCUT2D eigenvalue weighted by molar-refractivity contribution is 0.318. The normalized spacial score (nSPS) is 11.9. The van der Waals surface area contributed by atoms with Crippen molar-refractivity contribution in [1.82, 2.24) is 4.98 Å². The molecule has 0 fully saturated rings. The van der Waals surface area contributed by atoms with E-state index in [0.29, 0.717) is 22.6 Å². The summed E-state index contributed by atoms with van der Waals surface area (Å²) in [5, 5.41) is 23.7. The molecule has 0 unspecified atom stereocenters. The number of benzene rings is 3. The molecule has 0 spiro atoms. The van der Waals surface area contributed by atoms with Gasteiger partial charge in [0.2, 0.25) is 0 Å². The Morgan fingerprint density at radius 2 is 1.26 bits per heavy atom. The highest BCUT2D eigenvalue weighted by atomic mass is 16.5. The Morgan fingerprint density at radius 3 is 1.85 bits per heavy atom. The maximum absolute atomic E-state index is 8.85. The number of pyridine rings is 1. The number of oxime groups is 2. The largest absolute Gasteiger partial charge is 0.457 e. The molecule has 3 aromatic carbocycles. The van der Waals surface area contributed by atoms with E-state index in [9.17, 15) is 0 Å². The number of nitrogens with zero attached hydrogens (tertiary/aromatic N) is 3. The molecule has 0 aliphatic carbocycles. The molecule has 0 bridgehead atoms. The maximum atomic E-state index is 8.85. The number of rotatable bonds is 6. The van der Waals surface area contributed by atoms with Crippen LogP contribution in [0, 0.1) is 6.92 Å². The summed E-state index contributed by atoms with van der Waals surface area (Å²) in [6.45, 7) is 2.02. The highest BCUT2D eigenvalue weighted by Gasteiger charge is 2.09. The number of ether oxygens (including phenoxy) is 1. The van der Waals surface area contributed by atoms with Crippen molar-refractivity contribution >= 4 is 11.7 Å². The van der Waals surface area contributed by atoms with Gasteiger partial charge in [0.15, 0.2) is 11.7 Å². The zero-order valence-corrected chi connectivity index (χ0v) is 18.4. The molecular weight excluding hydrogens is 430 g/mol. The van der Waals surface area contributed by atoms with E-state index in [1.807, 2.05) is 55.5 Å². The smallest absolute Gasteiger partial charge is 0.170 e. The van der Waals surface area contributed by atoms with E-state index in [1.165, 1.54) is 0 Å². The van der Waals surface area contributed by atoms with Crippen LogP contribution in [0.2, 0.25) is 0 Å². The first kappa shape index (κ1) is 22.3. The van der Waals surface area contributed by atoms with E-state index in [1.54, 1.807) is 36.4 Å². The van der Waals surface area contributed by atoms with Gasteiger partial charge in [-0.1, -0.05) is 46.7 Å². The summed E-state index contributed by atoms with van der Waals surface area (Å²) in [6.07, 6.45) is 0. The molecule has 1 heterocycles. The molecule has 0 atom stereocenters. The molecule has 0 aliphatic heterocycles. The van der Waals surface area contributed by atoms with Crippen LogP contribution in [-0.2, 0) is 0 Å². The fourth-order valence-corrected chi connectivity index (χ4v) is 3.44. The molecule has 170 valence electrons. The van der Waals surface area contributed by atoms with Crippen LogP contribution in [0.25, 0.3) is 22.5 Å². The fraction of sp³-hybridized carbons (Fsp3) is 0.0385. The van der Waals surface area contributed by atoms with Crippen molar-refractivity contribution in [2.75, 3.05) is 0 Å². The summed E-state index contributed by atoms with van der Waals surface area (Å²) >= 11 is 0. The van der Waals surface area contributed by atoms with E-state index in [0.717, 1.165) is 28.1 Å². The lowest BCUT2D eigenvalue weighted by Gasteiger charge is -2.11. The van der Waals surface area contributed by atoms with Crippen LogP contribution in [0.4, 0.5) is 0 Å². The van der Waals surface area contributed by atoms with Crippen molar-refractivity contribution in [3.8, 4) is 34.0 Å². The third-order valence-electron chi connectivity index (χ3n) is 5.18. The molecule has 34 heavy (non-hydrogen) atoms. The molecule has 4 rings (SSSR count).